The first kappa shape index (κ1) is 23.1. The van der Waals surface area contributed by atoms with Gasteiger partial charge in [0.1, 0.15) is 0 Å². The maximum Gasteiger partial charge on any atom is -1.00 e. The molecule has 0 spiro atoms. The van der Waals surface area contributed by atoms with E-state index in [0.29, 0.717) is 11.8 Å². The van der Waals surface area contributed by atoms with Crippen molar-refractivity contribution in [3.63, 3.8) is 0 Å². The second-order valence-corrected chi connectivity index (χ2v) is 20.1. The second kappa shape index (κ2) is 8.23. The Hall–Kier alpha value is -1.66. The van der Waals surface area contributed by atoms with Crippen molar-refractivity contribution in [2.24, 2.45) is 0 Å². The van der Waals surface area contributed by atoms with Crippen molar-refractivity contribution in [2.45, 2.75) is 33.9 Å². The number of hydrogen-bond acceptors (Lipinski definition) is 0. The molecule has 2 unspecified atom stereocenters. The van der Waals surface area contributed by atoms with Crippen LogP contribution >= 0.6 is 0 Å². The fourth-order valence-corrected chi connectivity index (χ4v) is 21.4. The van der Waals surface area contributed by atoms with Crippen LogP contribution in [0.1, 0.15) is 45.2 Å². The summed E-state index contributed by atoms with van der Waals surface area (Å²) < 4.78 is 6.55. The van der Waals surface area contributed by atoms with Crippen molar-refractivity contribution in [3.8, 4) is 0 Å². The summed E-state index contributed by atoms with van der Waals surface area (Å²) in [7, 11) is 0. The summed E-state index contributed by atoms with van der Waals surface area (Å²) in [4.78, 5) is 0. The van der Waals surface area contributed by atoms with Gasteiger partial charge in [0.2, 0.25) is 0 Å². The Kier molecular flexibility index (Phi) is 5.76. The van der Waals surface area contributed by atoms with Crippen LogP contribution in [-0.4, -0.2) is 0 Å². The molecule has 2 atom stereocenters. The summed E-state index contributed by atoms with van der Waals surface area (Å²) in [6, 6.07) is 14.4. The van der Waals surface area contributed by atoms with Gasteiger partial charge in [-0.25, -0.2) is 0 Å². The quantitative estimate of drug-likeness (QED) is 0.538. The minimum absolute atomic E-state index is 0. The summed E-state index contributed by atoms with van der Waals surface area (Å²) in [5, 5.41) is 0. The summed E-state index contributed by atoms with van der Waals surface area (Å²) in [6.45, 7) is 4.51. The average Bonchev–Trinajstić information content (AvgIpc) is 3.39. The maximum absolute atomic E-state index is 2.74. The van der Waals surface area contributed by atoms with E-state index in [9.17, 15) is 0 Å². The molecule has 0 radical (unpaired) electrons. The largest absolute Gasteiger partial charge is 1.00 e. The minimum Gasteiger partial charge on any atom is -1.00 e. The van der Waals surface area contributed by atoms with Crippen molar-refractivity contribution in [1.29, 1.82) is 0 Å². The number of fused-ring (bicyclic) bond motifs is 6. The first-order valence-corrected chi connectivity index (χ1v) is 17.5. The number of hydrogen-bond donors (Lipinski definition) is 0. The molecule has 0 saturated carbocycles. The monoisotopic (exact) mass is 546 g/mol. The van der Waals surface area contributed by atoms with Crippen molar-refractivity contribution < 1.29 is 45.1 Å². The Morgan fingerprint density at radius 3 is 1.52 bits per heavy atom. The van der Waals surface area contributed by atoms with Crippen LogP contribution in [0.2, 0.25) is 8.26 Å². The molecular formula is C30H26Cl2Zr. The first-order valence-electron chi connectivity index (χ1n) is 11.6. The van der Waals surface area contributed by atoms with E-state index >= 15 is 0 Å². The van der Waals surface area contributed by atoms with Gasteiger partial charge in [-0.2, -0.15) is 0 Å². The number of allylic oxidation sites excluding steroid dienone is 10. The number of benzene rings is 2. The molecule has 0 bridgehead atoms. The number of aryl methyl sites for hydroxylation is 2. The summed E-state index contributed by atoms with van der Waals surface area (Å²) in [5.41, 5.74) is 12.3. The third kappa shape index (κ3) is 3.20. The molecule has 7 rings (SSSR count). The number of rotatable bonds is 2. The fraction of sp³-hybridized carbons (Fsp3) is 0.200. The van der Waals surface area contributed by atoms with Gasteiger partial charge in [0.15, 0.2) is 0 Å². The molecule has 1 heterocycles. The van der Waals surface area contributed by atoms with Gasteiger partial charge in [0.05, 0.1) is 0 Å². The zero-order valence-electron chi connectivity index (χ0n) is 18.9. The summed E-state index contributed by atoms with van der Waals surface area (Å²) >= 11 is -2.74. The Balaban J connectivity index is 0.00000114. The van der Waals surface area contributed by atoms with Crippen molar-refractivity contribution in [3.05, 3.63) is 130 Å². The summed E-state index contributed by atoms with van der Waals surface area (Å²) in [5.74, 6) is 0.928. The van der Waals surface area contributed by atoms with Gasteiger partial charge < -0.3 is 24.8 Å². The average molecular weight is 549 g/mol. The van der Waals surface area contributed by atoms with Crippen LogP contribution in [0.25, 0.3) is 6.56 Å². The topological polar surface area (TPSA) is 0 Å². The standard InChI is InChI=1S/2C14H11.C2H4.2ClH.Zr/c2*1-10-6-7-14-12(8-10)9-11-4-2-3-5-13(11)14;1-2;;;/h2*2-8,13H,1H3;1-2H2;2*1H;/q;;;;;+2/p-2. The molecular weight excluding hydrogens is 522 g/mol. The molecule has 164 valence electrons. The smallest absolute Gasteiger partial charge is 1.00 e. The van der Waals surface area contributed by atoms with Crippen molar-refractivity contribution in [2.75, 3.05) is 0 Å². The van der Waals surface area contributed by atoms with Crippen LogP contribution in [0, 0.1) is 13.8 Å². The van der Waals surface area contributed by atoms with E-state index in [0.717, 1.165) is 0 Å². The molecule has 0 N–H and O–H groups in total. The Labute approximate surface area is 213 Å². The van der Waals surface area contributed by atoms with E-state index in [4.69, 9.17) is 0 Å². The Morgan fingerprint density at radius 1 is 0.636 bits per heavy atom. The van der Waals surface area contributed by atoms with Gasteiger partial charge in [-0.3, -0.25) is 0 Å². The second-order valence-electron chi connectivity index (χ2n) is 9.87. The van der Waals surface area contributed by atoms with Crippen LogP contribution in [-0.2, 0) is 20.3 Å². The summed E-state index contributed by atoms with van der Waals surface area (Å²) in [6.07, 6.45) is 18.8. The normalized spacial score (nSPS) is 23.1. The molecule has 0 nitrogen and oxygen atoms in total. The minimum atomic E-state index is -2.74. The molecule has 33 heavy (non-hydrogen) atoms. The van der Waals surface area contributed by atoms with Crippen LogP contribution in [0.15, 0.2) is 96.2 Å². The molecule has 1 aliphatic heterocycles. The predicted molar refractivity (Wildman–Crippen MR) is 128 cm³/mol. The van der Waals surface area contributed by atoms with Gasteiger partial charge in [0, 0.05) is 0 Å². The molecule has 2 aromatic rings. The predicted octanol–water partition coefficient (Wildman–Crippen LogP) is 1.88. The molecule has 1 fully saturated rings. The van der Waals surface area contributed by atoms with Gasteiger partial charge >= 0.3 is 190 Å². The Morgan fingerprint density at radius 2 is 1.09 bits per heavy atom. The van der Waals surface area contributed by atoms with E-state index in [1.807, 2.05) is 6.56 Å². The van der Waals surface area contributed by atoms with Crippen LogP contribution in [0.3, 0.4) is 0 Å². The van der Waals surface area contributed by atoms with E-state index in [1.165, 1.54) is 19.4 Å². The molecule has 3 heteroatoms. The van der Waals surface area contributed by atoms with Crippen molar-refractivity contribution >= 4 is 6.56 Å². The molecule has 5 aliphatic rings. The molecule has 2 aromatic carbocycles. The third-order valence-corrected chi connectivity index (χ3v) is 19.1. The van der Waals surface area contributed by atoms with Crippen LogP contribution in [0.4, 0.5) is 0 Å². The maximum atomic E-state index is 2.50. The van der Waals surface area contributed by atoms with E-state index < -0.39 is 20.3 Å². The SMILES string of the molecule is Cc1ccc2c(c1)[C]([Zr+2]1([C]3=C4C=CC=CC4c4ccc(C)cc43)[CH2][CH2]1)=C1C=CC=CC12.[Cl-].[Cl-]. The molecule has 4 aliphatic carbocycles. The van der Waals surface area contributed by atoms with Gasteiger partial charge in [-0.15, -0.1) is 0 Å². The molecule has 1 saturated heterocycles. The number of halogens is 2. The van der Waals surface area contributed by atoms with Crippen LogP contribution in [0.5, 0.6) is 0 Å². The zero-order valence-corrected chi connectivity index (χ0v) is 22.9. The first-order chi connectivity index (χ1) is 15.2. The zero-order chi connectivity index (χ0) is 20.7. The Bertz CT molecular complexity index is 1260. The van der Waals surface area contributed by atoms with Gasteiger partial charge in [0.25, 0.3) is 0 Å². The molecule has 0 aromatic heterocycles. The third-order valence-electron chi connectivity index (χ3n) is 7.96. The van der Waals surface area contributed by atoms with Gasteiger partial charge in [-0.1, -0.05) is 0 Å². The van der Waals surface area contributed by atoms with Gasteiger partial charge in [-0.05, 0) is 0 Å². The van der Waals surface area contributed by atoms with Crippen LogP contribution < -0.4 is 24.8 Å². The van der Waals surface area contributed by atoms with E-state index in [1.54, 1.807) is 33.4 Å². The van der Waals surface area contributed by atoms with E-state index in [2.05, 4.69) is 98.9 Å². The van der Waals surface area contributed by atoms with E-state index in [-0.39, 0.29) is 24.8 Å². The molecule has 0 amide bonds. The van der Waals surface area contributed by atoms with Crippen molar-refractivity contribution in [1.82, 2.24) is 0 Å². The fourth-order valence-electron chi connectivity index (χ4n) is 6.55.